The standard InChI is InChI=1S/C7H14N2O/c1-8-2-3-9-4-7-6(9)5-10-7/h6-8H,2-5H2,1H3/t6?,7-/m1/s1. The van der Waals surface area contributed by atoms with Crippen LogP contribution in [-0.2, 0) is 4.74 Å². The summed E-state index contributed by atoms with van der Waals surface area (Å²) in [5.41, 5.74) is 0. The number of nitrogens with one attached hydrogen (secondary N) is 1. The number of morpholine rings is 1. The van der Waals surface area contributed by atoms with E-state index < -0.39 is 0 Å². The summed E-state index contributed by atoms with van der Waals surface area (Å²) in [5, 5.41) is 3.14. The molecule has 0 radical (unpaired) electrons. The van der Waals surface area contributed by atoms with Gasteiger partial charge in [-0.25, -0.2) is 0 Å². The molecule has 0 aromatic rings. The first-order valence-corrected chi connectivity index (χ1v) is 3.92. The van der Waals surface area contributed by atoms with Crippen LogP contribution in [0.3, 0.4) is 0 Å². The van der Waals surface area contributed by atoms with Crippen molar-refractivity contribution < 1.29 is 4.74 Å². The molecule has 2 rings (SSSR count). The summed E-state index contributed by atoms with van der Waals surface area (Å²) in [7, 11) is 1.99. The third-order valence-corrected chi connectivity index (χ3v) is 2.44. The predicted octanol–water partition coefficient (Wildman–Crippen LogP) is -0.711. The Morgan fingerprint density at radius 1 is 1.70 bits per heavy atom. The monoisotopic (exact) mass is 142 g/mol. The number of hydrogen-bond acceptors (Lipinski definition) is 3. The molecule has 2 saturated heterocycles. The van der Waals surface area contributed by atoms with E-state index in [0.29, 0.717) is 6.10 Å². The Morgan fingerprint density at radius 3 is 3.00 bits per heavy atom. The number of rotatable bonds is 3. The van der Waals surface area contributed by atoms with Gasteiger partial charge in [-0.1, -0.05) is 0 Å². The second-order valence-corrected chi connectivity index (χ2v) is 3.04. The molecular weight excluding hydrogens is 128 g/mol. The van der Waals surface area contributed by atoms with E-state index in [1.807, 2.05) is 7.05 Å². The van der Waals surface area contributed by atoms with Crippen LogP contribution in [0.1, 0.15) is 0 Å². The van der Waals surface area contributed by atoms with E-state index in [1.54, 1.807) is 0 Å². The molecule has 3 heteroatoms. The molecule has 0 bridgehead atoms. The second-order valence-electron chi connectivity index (χ2n) is 3.04. The number of ether oxygens (including phenoxy) is 1. The zero-order valence-corrected chi connectivity index (χ0v) is 6.34. The van der Waals surface area contributed by atoms with Crippen LogP contribution in [0.15, 0.2) is 0 Å². The van der Waals surface area contributed by atoms with E-state index >= 15 is 0 Å². The minimum Gasteiger partial charge on any atom is -0.373 e. The van der Waals surface area contributed by atoms with Gasteiger partial charge in [0.05, 0.1) is 18.8 Å². The molecule has 0 saturated carbocycles. The Balaban J connectivity index is 1.67. The highest BCUT2D eigenvalue weighted by Crippen LogP contribution is 2.29. The van der Waals surface area contributed by atoms with E-state index in [4.69, 9.17) is 4.74 Å². The molecule has 2 atom stereocenters. The summed E-state index contributed by atoms with van der Waals surface area (Å²) in [6.45, 7) is 4.41. The van der Waals surface area contributed by atoms with Crippen LogP contribution < -0.4 is 5.32 Å². The summed E-state index contributed by atoms with van der Waals surface area (Å²) < 4.78 is 5.28. The Morgan fingerprint density at radius 2 is 2.60 bits per heavy atom. The molecular formula is C7H14N2O. The van der Waals surface area contributed by atoms with Crippen molar-refractivity contribution in [1.29, 1.82) is 0 Å². The van der Waals surface area contributed by atoms with Crippen molar-refractivity contribution in [3.05, 3.63) is 0 Å². The molecule has 1 unspecified atom stereocenters. The lowest BCUT2D eigenvalue weighted by Crippen LogP contribution is -2.71. The van der Waals surface area contributed by atoms with Crippen LogP contribution in [0.5, 0.6) is 0 Å². The summed E-state index contributed by atoms with van der Waals surface area (Å²) in [6, 6.07) is 0.772. The van der Waals surface area contributed by atoms with Crippen LogP contribution in [-0.4, -0.2) is 50.3 Å². The third-order valence-electron chi connectivity index (χ3n) is 2.44. The summed E-state index contributed by atoms with van der Waals surface area (Å²) in [6.07, 6.45) is 0.594. The van der Waals surface area contributed by atoms with Gasteiger partial charge in [-0.05, 0) is 7.05 Å². The predicted molar refractivity (Wildman–Crippen MR) is 39.0 cm³/mol. The largest absolute Gasteiger partial charge is 0.373 e. The molecule has 0 aliphatic carbocycles. The smallest absolute Gasteiger partial charge is 0.0880 e. The average molecular weight is 142 g/mol. The van der Waals surface area contributed by atoms with Gasteiger partial charge in [0.25, 0.3) is 0 Å². The molecule has 0 spiro atoms. The first kappa shape index (κ1) is 6.58. The molecule has 58 valence electrons. The van der Waals surface area contributed by atoms with Crippen LogP contribution in [0.25, 0.3) is 0 Å². The lowest BCUT2D eigenvalue weighted by atomic mass is 9.95. The van der Waals surface area contributed by atoms with Crippen LogP contribution in [0.4, 0.5) is 0 Å². The molecule has 10 heavy (non-hydrogen) atoms. The molecule has 0 aromatic carbocycles. The Kier molecular flexibility index (Phi) is 1.64. The van der Waals surface area contributed by atoms with E-state index in [0.717, 1.165) is 25.7 Å². The average Bonchev–Trinajstić information content (AvgIpc) is 1.92. The van der Waals surface area contributed by atoms with E-state index in [2.05, 4.69) is 10.2 Å². The second kappa shape index (κ2) is 2.49. The molecule has 0 aromatic heterocycles. The van der Waals surface area contributed by atoms with E-state index in [-0.39, 0.29) is 0 Å². The van der Waals surface area contributed by atoms with E-state index in [9.17, 15) is 0 Å². The summed E-state index contributed by atoms with van der Waals surface area (Å²) >= 11 is 0. The van der Waals surface area contributed by atoms with Crippen molar-refractivity contribution >= 4 is 0 Å². The number of likely N-dealkylation sites (N-methyl/N-ethyl adjacent to an activating group) is 1. The Labute approximate surface area is 61.3 Å². The fourth-order valence-electron chi connectivity index (χ4n) is 1.57. The van der Waals surface area contributed by atoms with Gasteiger partial charge >= 0.3 is 0 Å². The van der Waals surface area contributed by atoms with Crippen molar-refractivity contribution in [3.63, 3.8) is 0 Å². The normalized spacial score (nSPS) is 38.1. The number of fused-ring (bicyclic) bond motifs is 1. The highest BCUT2D eigenvalue weighted by molar-refractivity contribution is 4.99. The fraction of sp³-hybridized carbons (Fsp3) is 1.00. The zero-order valence-electron chi connectivity index (χ0n) is 6.34. The van der Waals surface area contributed by atoms with Gasteiger partial charge in [0.2, 0.25) is 0 Å². The van der Waals surface area contributed by atoms with E-state index in [1.165, 1.54) is 6.54 Å². The van der Waals surface area contributed by atoms with Crippen molar-refractivity contribution in [1.82, 2.24) is 10.2 Å². The maximum Gasteiger partial charge on any atom is 0.0880 e. The zero-order chi connectivity index (χ0) is 6.97. The quantitative estimate of drug-likeness (QED) is 0.563. The number of nitrogens with zero attached hydrogens (tertiary/aromatic N) is 1. The number of hydrogen-bond donors (Lipinski definition) is 1. The molecule has 0 amide bonds. The minimum atomic E-state index is 0.594. The molecule has 2 heterocycles. The molecule has 2 fully saturated rings. The minimum absolute atomic E-state index is 0.594. The lowest BCUT2D eigenvalue weighted by molar-refractivity contribution is -0.213. The summed E-state index contributed by atoms with van der Waals surface area (Å²) in [4.78, 5) is 2.48. The van der Waals surface area contributed by atoms with Gasteiger partial charge in [-0.2, -0.15) is 0 Å². The first-order chi connectivity index (χ1) is 4.92. The SMILES string of the molecule is CNCCN1C[C@H]2OCC21. The third kappa shape index (κ3) is 0.856. The lowest BCUT2D eigenvalue weighted by Gasteiger charge is -2.54. The fourth-order valence-corrected chi connectivity index (χ4v) is 1.57. The van der Waals surface area contributed by atoms with Gasteiger partial charge in [-0.3, -0.25) is 4.90 Å². The first-order valence-electron chi connectivity index (χ1n) is 3.92. The van der Waals surface area contributed by atoms with Crippen molar-refractivity contribution in [2.24, 2.45) is 0 Å². The topological polar surface area (TPSA) is 24.5 Å². The highest BCUT2D eigenvalue weighted by Gasteiger charge is 2.46. The van der Waals surface area contributed by atoms with Crippen LogP contribution in [0, 0.1) is 0 Å². The van der Waals surface area contributed by atoms with Crippen LogP contribution in [0.2, 0.25) is 0 Å². The molecule has 2 aliphatic heterocycles. The summed E-state index contributed by atoms with van der Waals surface area (Å²) in [5.74, 6) is 0. The maximum absolute atomic E-state index is 5.28. The Hall–Kier alpha value is -0.120. The van der Waals surface area contributed by atoms with Crippen molar-refractivity contribution in [3.8, 4) is 0 Å². The van der Waals surface area contributed by atoms with Gasteiger partial charge in [0.15, 0.2) is 0 Å². The van der Waals surface area contributed by atoms with Gasteiger partial charge < -0.3 is 10.1 Å². The van der Waals surface area contributed by atoms with Crippen LogP contribution >= 0.6 is 0 Å². The highest BCUT2D eigenvalue weighted by atomic mass is 16.5. The molecule has 2 aliphatic rings. The van der Waals surface area contributed by atoms with Gasteiger partial charge in [-0.15, -0.1) is 0 Å². The molecule has 1 N–H and O–H groups in total. The molecule has 3 nitrogen and oxygen atoms in total. The number of likely N-dealkylation sites (tertiary alicyclic amines) is 1. The van der Waals surface area contributed by atoms with Gasteiger partial charge in [0, 0.05) is 19.6 Å². The van der Waals surface area contributed by atoms with Crippen molar-refractivity contribution in [2.75, 3.05) is 33.3 Å². The van der Waals surface area contributed by atoms with Crippen molar-refractivity contribution in [2.45, 2.75) is 12.1 Å². The Bertz CT molecular complexity index is 129. The maximum atomic E-state index is 5.28. The van der Waals surface area contributed by atoms with Gasteiger partial charge in [0.1, 0.15) is 0 Å².